The van der Waals surface area contributed by atoms with E-state index in [1.807, 2.05) is 6.20 Å². The second kappa shape index (κ2) is 5.14. The van der Waals surface area contributed by atoms with Crippen molar-refractivity contribution in [2.45, 2.75) is 13.1 Å². The van der Waals surface area contributed by atoms with E-state index >= 15 is 0 Å². The smallest absolute Gasteiger partial charge is 0.0521 e. The normalized spacial score (nSPS) is 10.1. The Balaban J connectivity index is 1.96. The molecule has 78 valence electrons. The van der Waals surface area contributed by atoms with E-state index < -0.39 is 0 Å². The van der Waals surface area contributed by atoms with Crippen molar-refractivity contribution >= 4 is 22.7 Å². The zero-order valence-corrected chi connectivity index (χ0v) is 10.1. The highest BCUT2D eigenvalue weighted by atomic mass is 32.1. The van der Waals surface area contributed by atoms with Crippen LogP contribution in [0, 0.1) is 0 Å². The molecule has 0 saturated carbocycles. The van der Waals surface area contributed by atoms with Gasteiger partial charge in [-0.3, -0.25) is 0 Å². The molecule has 0 atom stereocenters. The zero-order valence-electron chi connectivity index (χ0n) is 8.43. The fraction of sp³-hybridized carbons (Fsp3) is 0.167. The minimum Gasteiger partial charge on any atom is -0.368 e. The van der Waals surface area contributed by atoms with Crippen molar-refractivity contribution in [1.82, 2.24) is 4.90 Å². The summed E-state index contributed by atoms with van der Waals surface area (Å²) >= 11 is 3.59. The summed E-state index contributed by atoms with van der Waals surface area (Å²) in [6.07, 6.45) is 1.92. The van der Waals surface area contributed by atoms with Crippen LogP contribution in [0.4, 0.5) is 0 Å². The predicted molar refractivity (Wildman–Crippen MR) is 68.1 cm³/mol. The van der Waals surface area contributed by atoms with Crippen molar-refractivity contribution in [1.29, 1.82) is 0 Å². The Hall–Kier alpha value is -1.06. The van der Waals surface area contributed by atoms with Crippen LogP contribution in [0.2, 0.25) is 0 Å². The first kappa shape index (κ1) is 10.5. The number of hydrogen-bond donors (Lipinski definition) is 0. The molecular weight excluding hydrogens is 222 g/mol. The molecule has 0 spiro atoms. The van der Waals surface area contributed by atoms with Crippen molar-refractivity contribution in [3.8, 4) is 0 Å². The van der Waals surface area contributed by atoms with Gasteiger partial charge in [0.2, 0.25) is 0 Å². The van der Waals surface area contributed by atoms with Crippen LogP contribution in [-0.4, -0.2) is 4.90 Å². The van der Waals surface area contributed by atoms with Gasteiger partial charge < -0.3 is 4.90 Å². The van der Waals surface area contributed by atoms with Gasteiger partial charge in [-0.15, -0.1) is 22.7 Å². The molecule has 0 saturated heterocycles. The van der Waals surface area contributed by atoms with E-state index in [1.165, 1.54) is 9.75 Å². The Bertz CT molecular complexity index is 353. The van der Waals surface area contributed by atoms with Gasteiger partial charge in [0.15, 0.2) is 0 Å². The van der Waals surface area contributed by atoms with Crippen molar-refractivity contribution in [3.05, 3.63) is 57.6 Å². The highest BCUT2D eigenvalue weighted by Gasteiger charge is 2.03. The zero-order chi connectivity index (χ0) is 10.5. The molecule has 0 aliphatic carbocycles. The van der Waals surface area contributed by atoms with Crippen LogP contribution in [0.5, 0.6) is 0 Å². The van der Waals surface area contributed by atoms with Gasteiger partial charge in [0.25, 0.3) is 0 Å². The molecule has 2 heterocycles. The fourth-order valence-electron chi connectivity index (χ4n) is 1.39. The topological polar surface area (TPSA) is 3.24 Å². The maximum atomic E-state index is 3.86. The van der Waals surface area contributed by atoms with Gasteiger partial charge in [-0.1, -0.05) is 18.7 Å². The van der Waals surface area contributed by atoms with E-state index in [1.54, 1.807) is 22.7 Å². The first-order chi connectivity index (χ1) is 7.38. The first-order valence-corrected chi connectivity index (χ1v) is 6.56. The van der Waals surface area contributed by atoms with E-state index in [9.17, 15) is 0 Å². The maximum Gasteiger partial charge on any atom is 0.0521 e. The number of nitrogens with zero attached hydrogens (tertiary/aromatic N) is 1. The number of hydrogen-bond acceptors (Lipinski definition) is 3. The Morgan fingerprint density at radius 2 is 1.60 bits per heavy atom. The van der Waals surface area contributed by atoms with E-state index in [-0.39, 0.29) is 0 Å². The third-order valence-corrected chi connectivity index (χ3v) is 3.86. The highest BCUT2D eigenvalue weighted by molar-refractivity contribution is 7.10. The predicted octanol–water partition coefficient (Wildman–Crippen LogP) is 3.96. The largest absolute Gasteiger partial charge is 0.368 e. The molecule has 0 unspecified atom stereocenters. The summed E-state index contributed by atoms with van der Waals surface area (Å²) in [4.78, 5) is 5.00. The van der Waals surface area contributed by atoms with Gasteiger partial charge in [0, 0.05) is 9.75 Å². The van der Waals surface area contributed by atoms with Crippen LogP contribution in [0.25, 0.3) is 0 Å². The van der Waals surface area contributed by atoms with Crippen molar-refractivity contribution in [2.75, 3.05) is 0 Å². The quantitative estimate of drug-likeness (QED) is 0.758. The van der Waals surface area contributed by atoms with Crippen molar-refractivity contribution < 1.29 is 0 Å². The summed E-state index contributed by atoms with van der Waals surface area (Å²) < 4.78 is 0. The monoisotopic (exact) mass is 235 g/mol. The Kier molecular flexibility index (Phi) is 3.59. The second-order valence-corrected chi connectivity index (χ2v) is 5.31. The standard InChI is InChI=1S/C12H13NS2/c1-2-13(9-11-5-3-7-14-11)10-12-6-4-8-15-12/h2-8H,1,9-10H2. The molecule has 2 aromatic heterocycles. The molecule has 0 fully saturated rings. The fourth-order valence-corrected chi connectivity index (χ4v) is 2.85. The lowest BCUT2D eigenvalue weighted by Crippen LogP contribution is -2.14. The lowest BCUT2D eigenvalue weighted by atomic mass is 10.4. The Morgan fingerprint density at radius 1 is 1.07 bits per heavy atom. The van der Waals surface area contributed by atoms with E-state index in [2.05, 4.69) is 46.5 Å². The van der Waals surface area contributed by atoms with Crippen LogP contribution in [-0.2, 0) is 13.1 Å². The minimum absolute atomic E-state index is 0.957. The summed E-state index contributed by atoms with van der Waals surface area (Å²) in [6, 6.07) is 8.50. The van der Waals surface area contributed by atoms with Crippen LogP contribution in [0.15, 0.2) is 47.8 Å². The van der Waals surface area contributed by atoms with Crippen molar-refractivity contribution in [2.24, 2.45) is 0 Å². The first-order valence-electron chi connectivity index (χ1n) is 4.80. The third kappa shape index (κ3) is 2.94. The molecule has 0 radical (unpaired) electrons. The van der Waals surface area contributed by atoms with Gasteiger partial charge >= 0.3 is 0 Å². The molecule has 15 heavy (non-hydrogen) atoms. The lowest BCUT2D eigenvalue weighted by molar-refractivity contribution is 0.369. The van der Waals surface area contributed by atoms with Crippen LogP contribution in [0.3, 0.4) is 0 Å². The van der Waals surface area contributed by atoms with Gasteiger partial charge in [0.05, 0.1) is 13.1 Å². The molecule has 0 bridgehead atoms. The SMILES string of the molecule is C=CN(Cc1cccs1)Cc1cccs1. The molecule has 0 amide bonds. The van der Waals surface area contributed by atoms with Gasteiger partial charge in [0.1, 0.15) is 0 Å². The van der Waals surface area contributed by atoms with Crippen LogP contribution >= 0.6 is 22.7 Å². The molecule has 1 nitrogen and oxygen atoms in total. The molecule has 3 heteroatoms. The number of thiophene rings is 2. The summed E-state index contributed by atoms with van der Waals surface area (Å²) in [5.74, 6) is 0. The van der Waals surface area contributed by atoms with Gasteiger partial charge in [-0.2, -0.15) is 0 Å². The number of rotatable bonds is 5. The van der Waals surface area contributed by atoms with Crippen LogP contribution < -0.4 is 0 Å². The summed E-state index contributed by atoms with van der Waals surface area (Å²) in [6.45, 7) is 5.77. The summed E-state index contributed by atoms with van der Waals surface area (Å²) in [7, 11) is 0. The minimum atomic E-state index is 0.957. The molecule has 2 aromatic rings. The van der Waals surface area contributed by atoms with Crippen molar-refractivity contribution in [3.63, 3.8) is 0 Å². The van der Waals surface area contributed by atoms with Gasteiger partial charge in [-0.05, 0) is 29.1 Å². The Morgan fingerprint density at radius 3 is 1.93 bits per heavy atom. The molecule has 2 rings (SSSR count). The van der Waals surface area contributed by atoms with Gasteiger partial charge in [-0.25, -0.2) is 0 Å². The molecule has 0 aliphatic rings. The molecule has 0 N–H and O–H groups in total. The molecule has 0 aliphatic heterocycles. The highest BCUT2D eigenvalue weighted by Crippen LogP contribution is 2.16. The average Bonchev–Trinajstić information content (AvgIpc) is 2.89. The lowest BCUT2D eigenvalue weighted by Gasteiger charge is -2.17. The summed E-state index contributed by atoms with van der Waals surface area (Å²) in [5, 5.41) is 4.23. The van der Waals surface area contributed by atoms with Crippen LogP contribution in [0.1, 0.15) is 9.75 Å². The Labute approximate surface area is 98.3 Å². The maximum absolute atomic E-state index is 3.86. The van der Waals surface area contributed by atoms with E-state index in [0.717, 1.165) is 13.1 Å². The third-order valence-electron chi connectivity index (χ3n) is 2.14. The molecular formula is C12H13NS2. The second-order valence-electron chi connectivity index (χ2n) is 3.25. The van der Waals surface area contributed by atoms with E-state index in [4.69, 9.17) is 0 Å². The van der Waals surface area contributed by atoms with E-state index in [0.29, 0.717) is 0 Å². The summed E-state index contributed by atoms with van der Waals surface area (Å²) in [5.41, 5.74) is 0. The molecule has 0 aromatic carbocycles. The average molecular weight is 235 g/mol.